The third-order valence-corrected chi connectivity index (χ3v) is 6.64. The number of ether oxygens (including phenoxy) is 1. The van der Waals surface area contributed by atoms with Gasteiger partial charge in [-0.25, -0.2) is 5.06 Å². The average Bonchev–Trinajstić information content (AvgIpc) is 3.65. The second kappa shape index (κ2) is 6.93. The van der Waals surface area contributed by atoms with Gasteiger partial charge in [0, 0.05) is 5.41 Å². The van der Waals surface area contributed by atoms with E-state index in [1.54, 1.807) is 0 Å². The lowest BCUT2D eigenvalue weighted by atomic mass is 9.79. The average molecular weight is 377 g/mol. The van der Waals surface area contributed by atoms with Gasteiger partial charge in [-0.15, -0.1) is 0 Å². The van der Waals surface area contributed by atoms with Crippen LogP contribution in [0.2, 0.25) is 0 Å². The standard InChI is InChI=1S/C24H27NO3/c1-2-27-23(26)20-21(17-9-5-3-6-10-17)25(19-11-7-4-8-12-19)28-22(20)24(15-16-24)18-13-14-18/h3-12,18,20-22H,2,13-16H2,1H3/t20-,21-,22-/m1/s1. The Morgan fingerprint density at radius 2 is 1.71 bits per heavy atom. The van der Waals surface area contributed by atoms with E-state index >= 15 is 0 Å². The quantitative estimate of drug-likeness (QED) is 0.670. The molecule has 0 spiro atoms. The molecule has 4 heteroatoms. The molecule has 0 amide bonds. The van der Waals surface area contributed by atoms with Gasteiger partial charge in [-0.05, 0) is 56.2 Å². The summed E-state index contributed by atoms with van der Waals surface area (Å²) in [6.07, 6.45) is 4.71. The number of anilines is 1. The van der Waals surface area contributed by atoms with Crippen LogP contribution in [-0.2, 0) is 14.4 Å². The van der Waals surface area contributed by atoms with Crippen molar-refractivity contribution in [3.8, 4) is 0 Å². The zero-order valence-corrected chi connectivity index (χ0v) is 16.3. The van der Waals surface area contributed by atoms with Crippen LogP contribution in [0.25, 0.3) is 0 Å². The summed E-state index contributed by atoms with van der Waals surface area (Å²) < 4.78 is 5.57. The first-order valence-corrected chi connectivity index (χ1v) is 10.5. The molecule has 0 N–H and O–H groups in total. The maximum atomic E-state index is 13.2. The van der Waals surface area contributed by atoms with E-state index in [4.69, 9.17) is 9.57 Å². The van der Waals surface area contributed by atoms with E-state index in [-0.39, 0.29) is 29.4 Å². The molecule has 0 unspecified atom stereocenters. The number of benzene rings is 2. The van der Waals surface area contributed by atoms with Crippen LogP contribution in [0.15, 0.2) is 60.7 Å². The molecule has 2 saturated carbocycles. The Hall–Kier alpha value is -2.33. The van der Waals surface area contributed by atoms with Crippen LogP contribution < -0.4 is 5.06 Å². The molecule has 2 aliphatic carbocycles. The second-order valence-electron chi connectivity index (χ2n) is 8.33. The van der Waals surface area contributed by atoms with Gasteiger partial charge in [0.2, 0.25) is 0 Å². The fourth-order valence-electron chi connectivity index (χ4n) is 5.04. The molecule has 1 aliphatic heterocycles. The van der Waals surface area contributed by atoms with E-state index in [1.165, 1.54) is 12.8 Å². The Kier molecular flexibility index (Phi) is 4.39. The molecule has 146 valence electrons. The summed E-state index contributed by atoms with van der Waals surface area (Å²) in [7, 11) is 0. The van der Waals surface area contributed by atoms with Crippen LogP contribution >= 0.6 is 0 Å². The summed E-state index contributed by atoms with van der Waals surface area (Å²) in [4.78, 5) is 19.9. The molecular formula is C24H27NO3. The highest BCUT2D eigenvalue weighted by molar-refractivity contribution is 5.76. The molecule has 0 radical (unpaired) electrons. The van der Waals surface area contributed by atoms with E-state index < -0.39 is 0 Å². The topological polar surface area (TPSA) is 38.8 Å². The van der Waals surface area contributed by atoms with Crippen molar-refractivity contribution in [2.24, 2.45) is 17.3 Å². The first-order chi connectivity index (χ1) is 13.7. The predicted molar refractivity (Wildman–Crippen MR) is 107 cm³/mol. The molecule has 2 aromatic carbocycles. The number of carbonyl (C=O) groups excluding carboxylic acids is 1. The first kappa shape index (κ1) is 17.7. The van der Waals surface area contributed by atoms with Crippen LogP contribution in [-0.4, -0.2) is 18.7 Å². The molecule has 4 nitrogen and oxygen atoms in total. The van der Waals surface area contributed by atoms with E-state index in [9.17, 15) is 4.79 Å². The van der Waals surface area contributed by atoms with Crippen LogP contribution in [0.5, 0.6) is 0 Å². The van der Waals surface area contributed by atoms with E-state index in [0.29, 0.717) is 12.5 Å². The zero-order valence-electron chi connectivity index (χ0n) is 16.3. The lowest BCUT2D eigenvalue weighted by Gasteiger charge is -2.27. The third kappa shape index (κ3) is 2.91. The van der Waals surface area contributed by atoms with Gasteiger partial charge in [0.05, 0.1) is 18.3 Å². The summed E-state index contributed by atoms with van der Waals surface area (Å²) in [6, 6.07) is 20.2. The minimum Gasteiger partial charge on any atom is -0.466 e. The summed E-state index contributed by atoms with van der Waals surface area (Å²) in [5.41, 5.74) is 2.23. The van der Waals surface area contributed by atoms with E-state index in [2.05, 4.69) is 24.3 Å². The van der Waals surface area contributed by atoms with Crippen LogP contribution in [0, 0.1) is 17.3 Å². The highest BCUT2D eigenvalue weighted by Gasteiger charge is 2.66. The maximum Gasteiger partial charge on any atom is 0.314 e. The zero-order chi connectivity index (χ0) is 19.1. The molecule has 5 rings (SSSR count). The fourth-order valence-corrected chi connectivity index (χ4v) is 5.04. The van der Waals surface area contributed by atoms with Gasteiger partial charge in [0.15, 0.2) is 0 Å². The number of hydrogen-bond acceptors (Lipinski definition) is 4. The van der Waals surface area contributed by atoms with Gasteiger partial charge >= 0.3 is 5.97 Å². The third-order valence-electron chi connectivity index (χ3n) is 6.64. The SMILES string of the molecule is CCOC(=O)[C@@H]1[C@@H](c2ccccc2)N(c2ccccc2)O[C@H]1C1(C2CC2)CC1. The summed E-state index contributed by atoms with van der Waals surface area (Å²) in [5, 5.41) is 1.98. The number of para-hydroxylation sites is 1. The van der Waals surface area contributed by atoms with Crippen molar-refractivity contribution >= 4 is 11.7 Å². The van der Waals surface area contributed by atoms with Gasteiger partial charge < -0.3 is 4.74 Å². The van der Waals surface area contributed by atoms with Crippen molar-refractivity contribution in [1.29, 1.82) is 0 Å². The molecule has 0 bridgehead atoms. The monoisotopic (exact) mass is 377 g/mol. The lowest BCUT2D eigenvalue weighted by molar-refractivity contribution is -0.152. The Morgan fingerprint density at radius 3 is 2.29 bits per heavy atom. The lowest BCUT2D eigenvalue weighted by Crippen LogP contribution is -2.37. The number of nitrogens with zero attached hydrogens (tertiary/aromatic N) is 1. The Bertz CT molecular complexity index is 829. The van der Waals surface area contributed by atoms with Crippen molar-refractivity contribution < 1.29 is 14.4 Å². The molecule has 2 aromatic rings. The predicted octanol–water partition coefficient (Wildman–Crippen LogP) is 4.92. The van der Waals surface area contributed by atoms with Crippen molar-refractivity contribution in [2.45, 2.75) is 44.8 Å². The fraction of sp³-hybridized carbons (Fsp3) is 0.458. The summed E-state index contributed by atoms with van der Waals surface area (Å²) >= 11 is 0. The molecule has 0 aromatic heterocycles. The Balaban J connectivity index is 1.60. The number of carbonyl (C=O) groups is 1. The van der Waals surface area contributed by atoms with Gasteiger partial charge in [-0.2, -0.15) is 0 Å². The van der Waals surface area contributed by atoms with Crippen molar-refractivity contribution in [3.05, 3.63) is 66.2 Å². The Labute approximate surface area is 166 Å². The van der Waals surface area contributed by atoms with Crippen LogP contribution in [0.3, 0.4) is 0 Å². The molecule has 28 heavy (non-hydrogen) atoms. The molecular weight excluding hydrogens is 350 g/mol. The number of hydroxylamine groups is 1. The molecule has 1 heterocycles. The van der Waals surface area contributed by atoms with E-state index in [0.717, 1.165) is 24.1 Å². The maximum absolute atomic E-state index is 13.2. The van der Waals surface area contributed by atoms with E-state index in [1.807, 2.05) is 48.4 Å². The summed E-state index contributed by atoms with van der Waals surface area (Å²) in [5.74, 6) is 0.249. The van der Waals surface area contributed by atoms with Crippen LogP contribution in [0.1, 0.15) is 44.2 Å². The minimum absolute atomic E-state index is 0.121. The van der Waals surface area contributed by atoms with Gasteiger partial charge in [-0.1, -0.05) is 48.5 Å². The Morgan fingerprint density at radius 1 is 1.07 bits per heavy atom. The van der Waals surface area contributed by atoms with Gasteiger partial charge in [0.25, 0.3) is 0 Å². The van der Waals surface area contributed by atoms with Gasteiger partial charge in [-0.3, -0.25) is 9.63 Å². The molecule has 3 atom stereocenters. The smallest absolute Gasteiger partial charge is 0.314 e. The minimum atomic E-state index is -0.314. The highest BCUT2D eigenvalue weighted by atomic mass is 16.7. The van der Waals surface area contributed by atoms with Crippen molar-refractivity contribution in [1.82, 2.24) is 0 Å². The van der Waals surface area contributed by atoms with Crippen LogP contribution in [0.4, 0.5) is 5.69 Å². The highest BCUT2D eigenvalue weighted by Crippen LogP contribution is 2.67. The molecule has 1 saturated heterocycles. The molecule has 3 aliphatic rings. The molecule has 3 fully saturated rings. The summed E-state index contributed by atoms with van der Waals surface area (Å²) in [6.45, 7) is 2.27. The number of hydrogen-bond donors (Lipinski definition) is 0. The number of rotatable bonds is 6. The van der Waals surface area contributed by atoms with Crippen molar-refractivity contribution in [2.75, 3.05) is 11.7 Å². The van der Waals surface area contributed by atoms with Crippen molar-refractivity contribution in [3.63, 3.8) is 0 Å². The number of esters is 1. The normalized spacial score (nSPS) is 28.2. The van der Waals surface area contributed by atoms with Gasteiger partial charge in [0.1, 0.15) is 12.0 Å². The second-order valence-corrected chi connectivity index (χ2v) is 8.33. The largest absolute Gasteiger partial charge is 0.466 e. The first-order valence-electron chi connectivity index (χ1n) is 10.5.